The van der Waals surface area contributed by atoms with Gasteiger partial charge in [0.25, 0.3) is 0 Å². The molecule has 0 saturated heterocycles. The number of hydrogen-bond donors (Lipinski definition) is 1. The first-order valence-corrected chi connectivity index (χ1v) is 6.30. The van der Waals surface area contributed by atoms with E-state index in [1.54, 1.807) is 0 Å². The van der Waals surface area contributed by atoms with Crippen LogP contribution in [0.2, 0.25) is 0 Å². The van der Waals surface area contributed by atoms with Crippen LogP contribution < -0.4 is 5.73 Å². The first-order valence-electron chi connectivity index (χ1n) is 6.30. The van der Waals surface area contributed by atoms with Crippen LogP contribution in [0, 0.1) is 5.41 Å². The van der Waals surface area contributed by atoms with Gasteiger partial charge in [-0.25, -0.2) is 0 Å². The highest BCUT2D eigenvalue weighted by atomic mass is 15.2. The van der Waals surface area contributed by atoms with Gasteiger partial charge in [-0.1, -0.05) is 27.2 Å². The number of hydrogen-bond acceptors (Lipinski definition) is 2. The molecule has 15 heavy (non-hydrogen) atoms. The lowest BCUT2D eigenvalue weighted by Crippen LogP contribution is -2.48. The molecule has 3 atom stereocenters. The highest BCUT2D eigenvalue weighted by Crippen LogP contribution is 2.29. The molecule has 1 aliphatic carbocycles. The summed E-state index contributed by atoms with van der Waals surface area (Å²) in [4.78, 5) is 2.54. The summed E-state index contributed by atoms with van der Waals surface area (Å²) in [5.41, 5.74) is 6.40. The Morgan fingerprint density at radius 2 is 1.87 bits per heavy atom. The molecule has 2 N–H and O–H groups in total. The van der Waals surface area contributed by atoms with Crippen LogP contribution in [0.5, 0.6) is 0 Å². The van der Waals surface area contributed by atoms with Gasteiger partial charge in [-0.05, 0) is 38.6 Å². The van der Waals surface area contributed by atoms with Gasteiger partial charge < -0.3 is 10.6 Å². The lowest BCUT2D eigenvalue weighted by atomic mass is 9.83. The maximum atomic E-state index is 6.05. The number of rotatable bonds is 2. The topological polar surface area (TPSA) is 29.3 Å². The predicted octanol–water partition coefficient (Wildman–Crippen LogP) is 2.62. The van der Waals surface area contributed by atoms with Crippen molar-refractivity contribution in [1.29, 1.82) is 0 Å². The van der Waals surface area contributed by atoms with Crippen LogP contribution in [0.4, 0.5) is 0 Å². The van der Waals surface area contributed by atoms with Crippen molar-refractivity contribution in [3.8, 4) is 0 Å². The molecular formula is C13H28N2. The van der Waals surface area contributed by atoms with Gasteiger partial charge in [-0.3, -0.25) is 0 Å². The van der Waals surface area contributed by atoms with Crippen molar-refractivity contribution in [1.82, 2.24) is 4.90 Å². The number of nitrogens with zero attached hydrogens (tertiary/aromatic N) is 1. The van der Waals surface area contributed by atoms with Gasteiger partial charge in [0.15, 0.2) is 0 Å². The average molecular weight is 212 g/mol. The largest absolute Gasteiger partial charge is 0.328 e. The molecule has 0 radical (unpaired) electrons. The van der Waals surface area contributed by atoms with E-state index in [4.69, 9.17) is 5.73 Å². The van der Waals surface area contributed by atoms with Crippen LogP contribution in [-0.2, 0) is 0 Å². The van der Waals surface area contributed by atoms with Gasteiger partial charge in [0, 0.05) is 18.1 Å². The first-order chi connectivity index (χ1) is 6.82. The summed E-state index contributed by atoms with van der Waals surface area (Å²) >= 11 is 0. The molecule has 2 nitrogen and oxygen atoms in total. The molecule has 1 aliphatic rings. The third-order valence-electron chi connectivity index (χ3n) is 4.13. The third-order valence-corrected chi connectivity index (χ3v) is 4.13. The summed E-state index contributed by atoms with van der Waals surface area (Å²) in [5.74, 6) is 0. The molecule has 1 fully saturated rings. The molecule has 3 unspecified atom stereocenters. The minimum Gasteiger partial charge on any atom is -0.328 e. The highest BCUT2D eigenvalue weighted by molar-refractivity contribution is 4.86. The molecule has 2 heteroatoms. The zero-order valence-electron chi connectivity index (χ0n) is 11.1. The maximum absolute atomic E-state index is 6.05. The fraction of sp³-hybridized carbons (Fsp3) is 1.00. The van der Waals surface area contributed by atoms with Gasteiger partial charge >= 0.3 is 0 Å². The number of nitrogens with two attached hydrogens (primary N) is 1. The summed E-state index contributed by atoms with van der Waals surface area (Å²) in [6.45, 7) is 9.28. The molecule has 0 aromatic rings. The van der Waals surface area contributed by atoms with Gasteiger partial charge in [-0.2, -0.15) is 0 Å². The second-order valence-electron chi connectivity index (χ2n) is 6.29. The Kier molecular flexibility index (Phi) is 4.19. The standard InChI is InChI=1S/C13H28N2/c1-10(13(2,3)4)15(5)12-8-6-7-11(14)9-12/h10-12H,6-9,14H2,1-5H3. The zero-order valence-corrected chi connectivity index (χ0v) is 11.1. The van der Waals surface area contributed by atoms with Gasteiger partial charge in [0.05, 0.1) is 0 Å². The maximum Gasteiger partial charge on any atom is 0.0115 e. The SMILES string of the molecule is CC(N(C)C1CCCC(N)C1)C(C)(C)C. The Labute approximate surface area is 95.2 Å². The monoisotopic (exact) mass is 212 g/mol. The third kappa shape index (κ3) is 3.46. The summed E-state index contributed by atoms with van der Waals surface area (Å²) in [6.07, 6.45) is 5.02. The minimum absolute atomic E-state index is 0.357. The normalized spacial score (nSPS) is 30.6. The van der Waals surface area contributed by atoms with E-state index < -0.39 is 0 Å². The van der Waals surface area contributed by atoms with E-state index in [0.29, 0.717) is 23.5 Å². The molecule has 0 aromatic heterocycles. The van der Waals surface area contributed by atoms with E-state index >= 15 is 0 Å². The Morgan fingerprint density at radius 3 is 2.33 bits per heavy atom. The van der Waals surface area contributed by atoms with E-state index in [1.807, 2.05) is 0 Å². The predicted molar refractivity (Wildman–Crippen MR) is 66.9 cm³/mol. The molecule has 0 spiro atoms. The average Bonchev–Trinajstić information content (AvgIpc) is 2.14. The van der Waals surface area contributed by atoms with Gasteiger partial charge in [-0.15, -0.1) is 0 Å². The van der Waals surface area contributed by atoms with Crippen molar-refractivity contribution >= 4 is 0 Å². The van der Waals surface area contributed by atoms with Gasteiger partial charge in [0.2, 0.25) is 0 Å². The van der Waals surface area contributed by atoms with E-state index in [2.05, 4.69) is 39.6 Å². The van der Waals surface area contributed by atoms with Crippen molar-refractivity contribution in [2.24, 2.45) is 11.1 Å². The molecule has 0 heterocycles. The van der Waals surface area contributed by atoms with Crippen molar-refractivity contribution in [3.63, 3.8) is 0 Å². The second kappa shape index (κ2) is 4.84. The van der Waals surface area contributed by atoms with Gasteiger partial charge in [0.1, 0.15) is 0 Å². The van der Waals surface area contributed by atoms with Crippen LogP contribution in [0.1, 0.15) is 53.4 Å². The quantitative estimate of drug-likeness (QED) is 0.762. The van der Waals surface area contributed by atoms with E-state index in [9.17, 15) is 0 Å². The Balaban J connectivity index is 2.55. The lowest BCUT2D eigenvalue weighted by molar-refractivity contribution is 0.0738. The van der Waals surface area contributed by atoms with Crippen LogP contribution in [0.15, 0.2) is 0 Å². The molecular weight excluding hydrogens is 184 g/mol. The van der Waals surface area contributed by atoms with Crippen molar-refractivity contribution in [2.45, 2.75) is 71.5 Å². The molecule has 90 valence electrons. The van der Waals surface area contributed by atoms with Crippen molar-refractivity contribution in [2.75, 3.05) is 7.05 Å². The minimum atomic E-state index is 0.357. The molecule has 0 aromatic carbocycles. The zero-order chi connectivity index (χ0) is 11.6. The molecule has 1 rings (SSSR count). The van der Waals surface area contributed by atoms with Crippen LogP contribution >= 0.6 is 0 Å². The second-order valence-corrected chi connectivity index (χ2v) is 6.29. The highest BCUT2D eigenvalue weighted by Gasteiger charge is 2.30. The van der Waals surface area contributed by atoms with Crippen molar-refractivity contribution in [3.05, 3.63) is 0 Å². The van der Waals surface area contributed by atoms with E-state index in [1.165, 1.54) is 25.7 Å². The lowest BCUT2D eigenvalue weighted by Gasteiger charge is -2.42. The molecule has 0 bridgehead atoms. The molecule has 0 amide bonds. The summed E-state index contributed by atoms with van der Waals surface area (Å²) in [6, 6.07) is 1.74. The first kappa shape index (κ1) is 13.0. The fourth-order valence-corrected chi connectivity index (χ4v) is 2.50. The fourth-order valence-electron chi connectivity index (χ4n) is 2.50. The molecule has 1 saturated carbocycles. The molecule has 0 aliphatic heterocycles. The Bertz CT molecular complexity index is 195. The van der Waals surface area contributed by atoms with Crippen LogP contribution in [0.3, 0.4) is 0 Å². The van der Waals surface area contributed by atoms with E-state index in [-0.39, 0.29) is 0 Å². The summed E-state index contributed by atoms with van der Waals surface area (Å²) in [7, 11) is 2.26. The summed E-state index contributed by atoms with van der Waals surface area (Å²) < 4.78 is 0. The smallest absolute Gasteiger partial charge is 0.0115 e. The van der Waals surface area contributed by atoms with Crippen LogP contribution in [0.25, 0.3) is 0 Å². The van der Waals surface area contributed by atoms with Crippen molar-refractivity contribution < 1.29 is 0 Å². The van der Waals surface area contributed by atoms with E-state index in [0.717, 1.165) is 0 Å². The summed E-state index contributed by atoms with van der Waals surface area (Å²) in [5, 5.41) is 0. The Morgan fingerprint density at radius 1 is 1.27 bits per heavy atom. The Hall–Kier alpha value is -0.0800. The van der Waals surface area contributed by atoms with Crippen LogP contribution in [-0.4, -0.2) is 30.1 Å².